The highest BCUT2D eigenvalue weighted by Crippen LogP contribution is 2.27. The molecule has 134 valence electrons. The fourth-order valence-electron chi connectivity index (χ4n) is 2.61. The van der Waals surface area contributed by atoms with Gasteiger partial charge in [0.15, 0.2) is 0 Å². The van der Waals surface area contributed by atoms with Gasteiger partial charge >= 0.3 is 0 Å². The average molecular weight is 334 g/mol. The van der Waals surface area contributed by atoms with Gasteiger partial charge in [0.2, 0.25) is 11.8 Å². The van der Waals surface area contributed by atoms with Gasteiger partial charge in [-0.15, -0.1) is 0 Å². The predicted octanol–water partition coefficient (Wildman–Crippen LogP) is 3.33. The zero-order valence-corrected chi connectivity index (χ0v) is 15.5. The first-order valence-corrected chi connectivity index (χ1v) is 8.50. The monoisotopic (exact) mass is 334 g/mol. The van der Waals surface area contributed by atoms with Crippen LogP contribution in [0.5, 0.6) is 0 Å². The van der Waals surface area contributed by atoms with Crippen LogP contribution in [0.25, 0.3) is 0 Å². The Hall–Kier alpha value is -1.88. The van der Waals surface area contributed by atoms with E-state index in [1.165, 1.54) is 6.92 Å². The Balaban J connectivity index is 2.64. The van der Waals surface area contributed by atoms with Crippen LogP contribution in [-0.4, -0.2) is 43.5 Å². The zero-order valence-electron chi connectivity index (χ0n) is 15.5. The number of methoxy groups -OCH3 is 1. The Morgan fingerprint density at radius 3 is 2.54 bits per heavy atom. The molecule has 0 aliphatic carbocycles. The number of carbonyl (C=O) groups excluding carboxylic acids is 2. The molecule has 1 aromatic rings. The van der Waals surface area contributed by atoms with Crippen LogP contribution in [0.4, 0.5) is 5.69 Å². The van der Waals surface area contributed by atoms with Gasteiger partial charge in [0.1, 0.15) is 0 Å². The fourth-order valence-corrected chi connectivity index (χ4v) is 2.61. The molecule has 0 aliphatic rings. The number of hydrogen-bond donors (Lipinski definition) is 1. The number of nitrogens with one attached hydrogen (secondary N) is 1. The van der Waals surface area contributed by atoms with Crippen molar-refractivity contribution >= 4 is 17.5 Å². The van der Waals surface area contributed by atoms with Crippen molar-refractivity contribution < 1.29 is 14.3 Å². The van der Waals surface area contributed by atoms with Gasteiger partial charge in [-0.2, -0.15) is 0 Å². The molecular formula is C19H30N2O3. The summed E-state index contributed by atoms with van der Waals surface area (Å²) >= 11 is 0. The largest absolute Gasteiger partial charge is 0.385 e. The van der Waals surface area contributed by atoms with Gasteiger partial charge < -0.3 is 15.0 Å². The molecule has 5 heteroatoms. The lowest BCUT2D eigenvalue weighted by Crippen LogP contribution is -2.33. The van der Waals surface area contributed by atoms with E-state index in [0.717, 1.165) is 23.2 Å². The van der Waals surface area contributed by atoms with Gasteiger partial charge in [-0.1, -0.05) is 32.0 Å². The normalized spacial score (nSPS) is 10.8. The first kappa shape index (κ1) is 20.2. The highest BCUT2D eigenvalue weighted by molar-refractivity contribution is 5.92. The van der Waals surface area contributed by atoms with Crippen molar-refractivity contribution in [3.8, 4) is 0 Å². The quantitative estimate of drug-likeness (QED) is 0.705. The smallest absolute Gasteiger partial charge is 0.226 e. The summed E-state index contributed by atoms with van der Waals surface area (Å²) in [5, 5.41) is 3.02. The molecular weight excluding hydrogens is 304 g/mol. The van der Waals surface area contributed by atoms with Crippen LogP contribution in [0.3, 0.4) is 0 Å². The maximum atomic E-state index is 12.3. The van der Waals surface area contributed by atoms with Crippen molar-refractivity contribution in [2.24, 2.45) is 0 Å². The number of hydrogen-bond acceptors (Lipinski definition) is 3. The third-order valence-corrected chi connectivity index (χ3v) is 4.02. The van der Waals surface area contributed by atoms with Gasteiger partial charge in [-0.25, -0.2) is 0 Å². The SMILES string of the molecule is COCCCN(CCC(=O)Nc1c(C)cccc1C(C)C)C(C)=O. The van der Waals surface area contributed by atoms with E-state index in [1.807, 2.05) is 25.1 Å². The van der Waals surface area contributed by atoms with E-state index in [9.17, 15) is 9.59 Å². The highest BCUT2D eigenvalue weighted by Gasteiger charge is 2.14. The molecule has 0 saturated carbocycles. The Morgan fingerprint density at radius 2 is 1.96 bits per heavy atom. The summed E-state index contributed by atoms with van der Waals surface area (Å²) in [5.74, 6) is 0.254. The second-order valence-electron chi connectivity index (χ2n) is 6.34. The van der Waals surface area contributed by atoms with E-state index in [1.54, 1.807) is 12.0 Å². The van der Waals surface area contributed by atoms with Crippen LogP contribution in [0.1, 0.15) is 50.7 Å². The van der Waals surface area contributed by atoms with Gasteiger partial charge in [0.25, 0.3) is 0 Å². The van der Waals surface area contributed by atoms with E-state index in [0.29, 0.717) is 32.0 Å². The lowest BCUT2D eigenvalue weighted by atomic mass is 9.98. The summed E-state index contributed by atoms with van der Waals surface area (Å²) in [6, 6.07) is 6.04. The Bertz CT molecular complexity index is 556. The molecule has 1 rings (SSSR count). The number of benzene rings is 1. The summed E-state index contributed by atoms with van der Waals surface area (Å²) in [6.07, 6.45) is 1.06. The summed E-state index contributed by atoms with van der Waals surface area (Å²) in [5.41, 5.74) is 3.08. The zero-order chi connectivity index (χ0) is 18.1. The lowest BCUT2D eigenvalue weighted by Gasteiger charge is -2.21. The van der Waals surface area contributed by atoms with E-state index in [2.05, 4.69) is 19.2 Å². The number of aryl methyl sites for hydroxylation is 1. The van der Waals surface area contributed by atoms with Crippen molar-refractivity contribution in [2.45, 2.75) is 46.5 Å². The topological polar surface area (TPSA) is 58.6 Å². The molecule has 5 nitrogen and oxygen atoms in total. The minimum absolute atomic E-state index is 0.0161. The second-order valence-corrected chi connectivity index (χ2v) is 6.34. The van der Waals surface area contributed by atoms with Crippen LogP contribution >= 0.6 is 0 Å². The predicted molar refractivity (Wildman–Crippen MR) is 97.3 cm³/mol. The summed E-state index contributed by atoms with van der Waals surface area (Å²) < 4.78 is 5.01. The number of ether oxygens (including phenoxy) is 1. The van der Waals surface area contributed by atoms with Gasteiger partial charge in [0.05, 0.1) is 0 Å². The number of anilines is 1. The second kappa shape index (κ2) is 10.1. The molecule has 2 amide bonds. The first-order valence-electron chi connectivity index (χ1n) is 8.50. The Labute approximate surface area is 145 Å². The summed E-state index contributed by atoms with van der Waals surface area (Å²) in [4.78, 5) is 25.7. The van der Waals surface area contributed by atoms with E-state index in [-0.39, 0.29) is 11.8 Å². The lowest BCUT2D eigenvalue weighted by molar-refractivity contribution is -0.129. The van der Waals surface area contributed by atoms with Crippen LogP contribution in [-0.2, 0) is 14.3 Å². The molecule has 1 N–H and O–H groups in total. The molecule has 0 spiro atoms. The first-order chi connectivity index (χ1) is 11.4. The summed E-state index contributed by atoms with van der Waals surface area (Å²) in [6.45, 7) is 9.38. The molecule has 0 radical (unpaired) electrons. The van der Waals surface area contributed by atoms with Crippen LogP contribution in [0.15, 0.2) is 18.2 Å². The number of amides is 2. The van der Waals surface area contributed by atoms with Crippen molar-refractivity contribution in [2.75, 3.05) is 32.1 Å². The van der Waals surface area contributed by atoms with Crippen molar-refractivity contribution in [1.82, 2.24) is 4.90 Å². The molecule has 0 fully saturated rings. The number of rotatable bonds is 9. The van der Waals surface area contributed by atoms with Crippen molar-refractivity contribution in [3.05, 3.63) is 29.3 Å². The molecule has 0 bridgehead atoms. The maximum absolute atomic E-state index is 12.3. The van der Waals surface area contributed by atoms with Crippen molar-refractivity contribution in [1.29, 1.82) is 0 Å². The Kier molecular flexibility index (Phi) is 8.47. The molecule has 0 aliphatic heterocycles. The van der Waals surface area contributed by atoms with Crippen LogP contribution in [0, 0.1) is 6.92 Å². The fraction of sp³-hybridized carbons (Fsp3) is 0.579. The van der Waals surface area contributed by atoms with Gasteiger partial charge in [0, 0.05) is 45.8 Å². The molecule has 24 heavy (non-hydrogen) atoms. The average Bonchev–Trinajstić information content (AvgIpc) is 2.52. The highest BCUT2D eigenvalue weighted by atomic mass is 16.5. The minimum atomic E-state index is -0.0656. The number of carbonyl (C=O) groups is 2. The third-order valence-electron chi connectivity index (χ3n) is 4.02. The molecule has 0 unspecified atom stereocenters. The van der Waals surface area contributed by atoms with Gasteiger partial charge in [-0.05, 0) is 30.4 Å². The third kappa shape index (κ3) is 6.32. The Morgan fingerprint density at radius 1 is 1.25 bits per heavy atom. The van der Waals surface area contributed by atoms with Crippen molar-refractivity contribution in [3.63, 3.8) is 0 Å². The van der Waals surface area contributed by atoms with E-state index < -0.39 is 0 Å². The van der Waals surface area contributed by atoms with Gasteiger partial charge in [-0.3, -0.25) is 9.59 Å². The van der Waals surface area contributed by atoms with E-state index in [4.69, 9.17) is 4.74 Å². The van der Waals surface area contributed by atoms with Crippen LogP contribution < -0.4 is 5.32 Å². The van der Waals surface area contributed by atoms with Crippen LogP contribution in [0.2, 0.25) is 0 Å². The van der Waals surface area contributed by atoms with E-state index >= 15 is 0 Å². The minimum Gasteiger partial charge on any atom is -0.385 e. The number of nitrogens with zero attached hydrogens (tertiary/aromatic N) is 1. The maximum Gasteiger partial charge on any atom is 0.226 e. The molecule has 0 heterocycles. The molecule has 0 atom stereocenters. The standard InChI is InChI=1S/C19H30N2O3/c1-14(2)17-9-6-8-15(3)19(17)20-18(23)10-12-21(16(4)22)11-7-13-24-5/h6,8-9,14H,7,10-13H2,1-5H3,(H,20,23). The summed E-state index contributed by atoms with van der Waals surface area (Å²) in [7, 11) is 1.64. The molecule has 0 saturated heterocycles. The molecule has 1 aromatic carbocycles. The molecule has 0 aromatic heterocycles. The number of para-hydroxylation sites is 1.